The Bertz CT molecular complexity index is 657. The van der Waals surface area contributed by atoms with E-state index >= 15 is 0 Å². The largest absolute Gasteiger partial charge is 0.468 e. The van der Waals surface area contributed by atoms with Crippen LogP contribution in [0.15, 0.2) is 47.4 Å². The van der Waals surface area contributed by atoms with Crippen LogP contribution in [0, 0.1) is 29.1 Å². The van der Waals surface area contributed by atoms with E-state index < -0.39 is 18.3 Å². The van der Waals surface area contributed by atoms with Gasteiger partial charge in [-0.2, -0.15) is 18.4 Å². The molecule has 0 amide bonds. The third-order valence-electron chi connectivity index (χ3n) is 4.20. The molecule has 2 aliphatic carbocycles. The molecule has 1 aliphatic heterocycles. The second-order valence-electron chi connectivity index (χ2n) is 5.64. The smallest absolute Gasteiger partial charge is 0.395 e. The van der Waals surface area contributed by atoms with Gasteiger partial charge in [0.25, 0.3) is 0 Å². The van der Waals surface area contributed by atoms with Gasteiger partial charge in [0.2, 0.25) is 0 Å². The van der Waals surface area contributed by atoms with Gasteiger partial charge in [0.05, 0.1) is 23.6 Å². The number of rotatable bonds is 2. The van der Waals surface area contributed by atoms with Crippen LogP contribution < -0.4 is 5.32 Å². The Balaban J connectivity index is 1.71. The molecule has 3 rings (SSSR count). The van der Waals surface area contributed by atoms with Crippen LogP contribution in [0.2, 0.25) is 0 Å². The monoisotopic (exact) mass is 434 g/mol. The normalized spacial score (nSPS) is 32.7. The molecule has 0 aromatic carbocycles. The summed E-state index contributed by atoms with van der Waals surface area (Å²) in [7, 11) is 0. The molecule has 0 bridgehead atoms. The molecule has 0 aromatic rings. The zero-order valence-corrected chi connectivity index (χ0v) is 14.1. The molecular weight excluding hydrogens is 420 g/mol. The molecule has 1 N–H and O–H groups in total. The van der Waals surface area contributed by atoms with Crippen LogP contribution in [0.25, 0.3) is 0 Å². The van der Waals surface area contributed by atoms with Crippen LogP contribution >= 0.6 is 22.6 Å². The summed E-state index contributed by atoms with van der Waals surface area (Å²) in [6.45, 7) is 0. The second-order valence-corrected chi connectivity index (χ2v) is 6.52. The molecule has 1 heterocycles. The van der Waals surface area contributed by atoms with Gasteiger partial charge in [-0.05, 0) is 12.5 Å². The van der Waals surface area contributed by atoms with Crippen LogP contribution in [0.4, 0.5) is 13.2 Å². The summed E-state index contributed by atoms with van der Waals surface area (Å²) in [6.07, 6.45) is 3.10. The fourth-order valence-electron chi connectivity index (χ4n) is 2.87. The van der Waals surface area contributed by atoms with E-state index in [0.717, 1.165) is 15.9 Å². The quantitative estimate of drug-likeness (QED) is 0.529. The minimum Gasteiger partial charge on any atom is -0.468 e. The minimum absolute atomic E-state index is 0.0332. The molecule has 122 valence electrons. The lowest BCUT2D eigenvalue weighted by Crippen LogP contribution is -2.28. The summed E-state index contributed by atoms with van der Waals surface area (Å²) >= 11 is 2.21. The van der Waals surface area contributed by atoms with Crippen molar-refractivity contribution in [1.82, 2.24) is 5.32 Å². The van der Waals surface area contributed by atoms with E-state index in [2.05, 4.69) is 34.0 Å². The lowest BCUT2D eigenvalue weighted by atomic mass is 9.88. The first-order valence-electron chi connectivity index (χ1n) is 7.20. The Morgan fingerprint density at radius 3 is 2.70 bits per heavy atom. The van der Waals surface area contributed by atoms with E-state index in [-0.39, 0.29) is 18.3 Å². The molecule has 0 saturated heterocycles. The van der Waals surface area contributed by atoms with Gasteiger partial charge in [0.15, 0.2) is 6.23 Å². The first-order valence-corrected chi connectivity index (χ1v) is 8.72. The van der Waals surface area contributed by atoms with E-state index in [4.69, 9.17) is 4.74 Å². The molecule has 0 saturated carbocycles. The number of allylic oxidation sites excluding steroid dienone is 5. The minimum atomic E-state index is -4.21. The Morgan fingerprint density at radius 1 is 1.35 bits per heavy atom. The molecular formula is C16H14F3IN2O. The maximum atomic E-state index is 12.7. The topological polar surface area (TPSA) is 45.0 Å². The van der Waals surface area contributed by atoms with E-state index in [1.165, 1.54) is 12.2 Å². The standard InChI is InChI=1S/C16H14F3IN2O/c17-16(18,19)11-4-1-9(2-5-11)15-22-13-6-3-10(8-21)12(7-20)14(13)23-15/h1-4,6,10-12,15,22H,5,7H2. The van der Waals surface area contributed by atoms with Crippen LogP contribution in [0.3, 0.4) is 0 Å². The molecule has 3 nitrogen and oxygen atoms in total. The number of alkyl halides is 4. The number of hydrogen-bond acceptors (Lipinski definition) is 3. The van der Waals surface area contributed by atoms with Crippen molar-refractivity contribution in [3.8, 4) is 6.07 Å². The first-order chi connectivity index (χ1) is 10.9. The highest BCUT2D eigenvalue weighted by Crippen LogP contribution is 2.38. The molecule has 0 aromatic heterocycles. The number of hydrogen-bond donors (Lipinski definition) is 1. The molecule has 7 heteroatoms. The third-order valence-corrected chi connectivity index (χ3v) is 5.15. The van der Waals surface area contributed by atoms with Crippen molar-refractivity contribution in [2.75, 3.05) is 4.43 Å². The number of nitrogens with one attached hydrogen (secondary N) is 1. The molecule has 4 atom stereocenters. The SMILES string of the molecule is N#CC1C=CC2=C(OC(C3=CCC(C(F)(F)F)C=C3)N2)C1CI. The number of halogens is 4. The highest BCUT2D eigenvalue weighted by molar-refractivity contribution is 14.1. The van der Waals surface area contributed by atoms with Crippen molar-refractivity contribution in [1.29, 1.82) is 5.26 Å². The second kappa shape index (κ2) is 6.23. The maximum absolute atomic E-state index is 12.7. The summed E-state index contributed by atoms with van der Waals surface area (Å²) in [5.74, 6) is -0.975. The number of nitriles is 1. The van der Waals surface area contributed by atoms with E-state index in [1.807, 2.05) is 12.2 Å². The Labute approximate surface area is 145 Å². The Kier molecular flexibility index (Phi) is 4.45. The predicted molar refractivity (Wildman–Crippen MR) is 87.0 cm³/mol. The van der Waals surface area contributed by atoms with Gasteiger partial charge in [-0.1, -0.05) is 46.9 Å². The lowest BCUT2D eigenvalue weighted by molar-refractivity contribution is -0.160. The van der Waals surface area contributed by atoms with Crippen molar-refractivity contribution in [2.45, 2.75) is 18.8 Å². The van der Waals surface area contributed by atoms with E-state index in [1.54, 1.807) is 6.08 Å². The van der Waals surface area contributed by atoms with Crippen molar-refractivity contribution in [3.05, 3.63) is 47.4 Å². The zero-order valence-electron chi connectivity index (χ0n) is 12.0. The highest BCUT2D eigenvalue weighted by Gasteiger charge is 2.40. The van der Waals surface area contributed by atoms with Gasteiger partial charge >= 0.3 is 6.18 Å². The van der Waals surface area contributed by atoms with Crippen LogP contribution in [-0.2, 0) is 4.74 Å². The van der Waals surface area contributed by atoms with Crippen LogP contribution in [0.1, 0.15) is 6.42 Å². The lowest BCUT2D eigenvalue weighted by Gasteiger charge is -2.24. The fraction of sp³-hybridized carbons (Fsp3) is 0.438. The maximum Gasteiger partial charge on any atom is 0.395 e. The predicted octanol–water partition coefficient (Wildman–Crippen LogP) is 3.97. The number of ether oxygens (including phenoxy) is 1. The Morgan fingerprint density at radius 2 is 2.13 bits per heavy atom. The van der Waals surface area contributed by atoms with Gasteiger partial charge in [0, 0.05) is 15.9 Å². The molecule has 0 spiro atoms. The third kappa shape index (κ3) is 3.13. The summed E-state index contributed by atoms with van der Waals surface area (Å²) in [5, 5.41) is 12.4. The van der Waals surface area contributed by atoms with Crippen LogP contribution in [-0.4, -0.2) is 16.8 Å². The summed E-state index contributed by atoms with van der Waals surface area (Å²) in [4.78, 5) is 0. The van der Waals surface area contributed by atoms with Gasteiger partial charge in [-0.15, -0.1) is 0 Å². The van der Waals surface area contributed by atoms with Gasteiger partial charge in [0.1, 0.15) is 5.76 Å². The molecule has 4 unspecified atom stereocenters. The van der Waals surface area contributed by atoms with E-state index in [0.29, 0.717) is 5.57 Å². The summed E-state index contributed by atoms with van der Waals surface area (Å²) in [6, 6.07) is 2.25. The average Bonchev–Trinajstić information content (AvgIpc) is 2.97. The van der Waals surface area contributed by atoms with E-state index in [9.17, 15) is 18.4 Å². The molecule has 0 radical (unpaired) electrons. The highest BCUT2D eigenvalue weighted by atomic mass is 127. The molecule has 0 fully saturated rings. The van der Waals surface area contributed by atoms with Gasteiger partial charge in [-0.25, -0.2) is 0 Å². The average molecular weight is 434 g/mol. The fourth-order valence-corrected chi connectivity index (χ4v) is 3.82. The first kappa shape index (κ1) is 16.4. The van der Waals surface area contributed by atoms with Crippen LogP contribution in [0.5, 0.6) is 0 Å². The Hall–Kier alpha value is -1.43. The number of nitrogens with zero attached hydrogens (tertiary/aromatic N) is 1. The van der Waals surface area contributed by atoms with Gasteiger partial charge in [-0.3, -0.25) is 0 Å². The van der Waals surface area contributed by atoms with Crippen molar-refractivity contribution in [2.24, 2.45) is 17.8 Å². The van der Waals surface area contributed by atoms with Crippen molar-refractivity contribution >= 4 is 22.6 Å². The molecule has 23 heavy (non-hydrogen) atoms. The molecule has 3 aliphatic rings. The summed E-state index contributed by atoms with van der Waals surface area (Å²) < 4.78 is 44.7. The summed E-state index contributed by atoms with van der Waals surface area (Å²) in [5.41, 5.74) is 1.50. The van der Waals surface area contributed by atoms with Crippen molar-refractivity contribution in [3.63, 3.8) is 0 Å². The van der Waals surface area contributed by atoms with Gasteiger partial charge < -0.3 is 10.1 Å². The van der Waals surface area contributed by atoms with Crippen molar-refractivity contribution < 1.29 is 17.9 Å². The zero-order chi connectivity index (χ0) is 16.6.